The number of carbonyl (C=O) groups is 1. The van der Waals surface area contributed by atoms with Gasteiger partial charge in [0.25, 0.3) is 5.91 Å². The van der Waals surface area contributed by atoms with Gasteiger partial charge in [0.15, 0.2) is 0 Å². The summed E-state index contributed by atoms with van der Waals surface area (Å²) in [5.74, 6) is 0.194. The zero-order valence-corrected chi connectivity index (χ0v) is 17.2. The molecule has 0 saturated carbocycles. The number of hydrogen-bond acceptors (Lipinski definition) is 3. The summed E-state index contributed by atoms with van der Waals surface area (Å²) in [4.78, 5) is 18.2. The van der Waals surface area contributed by atoms with Crippen molar-refractivity contribution in [3.8, 4) is 0 Å². The molecule has 2 atom stereocenters. The maximum Gasteiger partial charge on any atom is 0.255 e. The van der Waals surface area contributed by atoms with E-state index in [1.165, 1.54) is 24.8 Å². The average Bonchev–Trinajstić information content (AvgIpc) is 2.61. The number of amides is 1. The third-order valence-corrected chi connectivity index (χ3v) is 7.72. The molecule has 5 rings (SSSR count). The molecule has 5 heteroatoms. The van der Waals surface area contributed by atoms with Gasteiger partial charge in [0.2, 0.25) is 0 Å². The summed E-state index contributed by atoms with van der Waals surface area (Å²) in [6, 6.07) is 9.88. The lowest BCUT2D eigenvalue weighted by Gasteiger charge is -2.50. The molecule has 1 amide bonds. The van der Waals surface area contributed by atoms with Crippen LogP contribution >= 0.6 is 22.6 Å². The number of halogens is 1. The van der Waals surface area contributed by atoms with E-state index in [4.69, 9.17) is 5.73 Å². The van der Waals surface area contributed by atoms with Crippen molar-refractivity contribution in [2.24, 2.45) is 0 Å². The fraction of sp³-hybridized carbons (Fsp3) is 0.476. The number of carbonyl (C=O) groups excluding carboxylic acids is 1. The first-order valence-corrected chi connectivity index (χ1v) is 10.6. The van der Waals surface area contributed by atoms with E-state index in [1.807, 2.05) is 12.1 Å². The molecule has 2 N–H and O–H groups in total. The lowest BCUT2D eigenvalue weighted by atomic mass is 9.80. The Hall–Kier alpha value is -1.34. The Balaban J connectivity index is 1.56. The van der Waals surface area contributed by atoms with Gasteiger partial charge < -0.3 is 15.5 Å². The average molecular weight is 461 g/mol. The predicted molar refractivity (Wildman–Crippen MR) is 113 cm³/mol. The predicted octanol–water partition coefficient (Wildman–Crippen LogP) is 4.00. The van der Waals surface area contributed by atoms with Crippen LogP contribution in [-0.4, -0.2) is 40.9 Å². The molecule has 3 aliphatic rings. The number of rotatable bonds is 1. The molecule has 4 nitrogen and oxygen atoms in total. The smallest absolute Gasteiger partial charge is 0.255 e. The maximum absolute atomic E-state index is 13.4. The normalized spacial score (nSPS) is 28.6. The van der Waals surface area contributed by atoms with Crippen molar-refractivity contribution in [1.82, 2.24) is 9.80 Å². The molecule has 2 unspecified atom stereocenters. The van der Waals surface area contributed by atoms with E-state index in [9.17, 15) is 4.79 Å². The SMILES string of the molecule is CN1C2CCCC1CC(N1Cc3cccc4c(N)c(I)cc(c34)C1=O)C2. The topological polar surface area (TPSA) is 49.6 Å². The Morgan fingerprint density at radius 1 is 1.15 bits per heavy atom. The largest absolute Gasteiger partial charge is 0.397 e. The standard InChI is InChI=1S/C21H24IN3O/c1-24-13-5-3-6-14(24)9-15(8-13)25-11-12-4-2-7-16-19(12)17(21(25)26)10-18(22)20(16)23/h2,4,7,10,13-15H,3,5-6,8-9,11,23H2,1H3. The Bertz CT molecular complexity index is 898. The Morgan fingerprint density at radius 2 is 1.88 bits per heavy atom. The van der Waals surface area contributed by atoms with E-state index in [-0.39, 0.29) is 5.91 Å². The van der Waals surface area contributed by atoms with Crippen LogP contribution in [0.1, 0.15) is 48.0 Å². The number of anilines is 1. The van der Waals surface area contributed by atoms with Gasteiger partial charge in [-0.15, -0.1) is 0 Å². The fourth-order valence-corrected chi connectivity index (χ4v) is 6.00. The monoisotopic (exact) mass is 461 g/mol. The van der Waals surface area contributed by atoms with Crippen LogP contribution in [0.4, 0.5) is 5.69 Å². The number of nitrogens with zero attached hydrogens (tertiary/aromatic N) is 2. The van der Waals surface area contributed by atoms with Crippen molar-refractivity contribution in [1.29, 1.82) is 0 Å². The van der Waals surface area contributed by atoms with Crippen LogP contribution in [0.3, 0.4) is 0 Å². The number of hydrogen-bond donors (Lipinski definition) is 1. The molecule has 2 fully saturated rings. The van der Waals surface area contributed by atoms with Crippen LogP contribution in [-0.2, 0) is 6.54 Å². The van der Waals surface area contributed by atoms with Crippen LogP contribution in [0.5, 0.6) is 0 Å². The van der Waals surface area contributed by atoms with E-state index in [0.717, 1.165) is 45.0 Å². The number of nitrogens with two attached hydrogens (primary N) is 1. The number of nitrogen functional groups attached to an aromatic ring is 1. The lowest BCUT2D eigenvalue weighted by molar-refractivity contribution is 0.00749. The van der Waals surface area contributed by atoms with Crippen molar-refractivity contribution in [3.05, 3.63) is 39.0 Å². The zero-order valence-electron chi connectivity index (χ0n) is 15.0. The van der Waals surface area contributed by atoms with E-state index in [1.54, 1.807) is 0 Å². The molecular weight excluding hydrogens is 437 g/mol. The molecular formula is C21H24IN3O. The molecule has 0 aliphatic carbocycles. The van der Waals surface area contributed by atoms with E-state index < -0.39 is 0 Å². The minimum absolute atomic E-state index is 0.194. The third kappa shape index (κ3) is 2.39. The minimum Gasteiger partial charge on any atom is -0.397 e. The van der Waals surface area contributed by atoms with Crippen LogP contribution in [0.2, 0.25) is 0 Å². The lowest BCUT2D eigenvalue weighted by Crippen LogP contribution is -2.56. The highest BCUT2D eigenvalue weighted by Gasteiger charge is 2.41. The van der Waals surface area contributed by atoms with Gasteiger partial charge in [0.1, 0.15) is 0 Å². The van der Waals surface area contributed by atoms with Gasteiger partial charge in [-0.05, 0) is 67.0 Å². The number of fused-ring (bicyclic) bond motifs is 2. The number of benzene rings is 2. The summed E-state index contributed by atoms with van der Waals surface area (Å²) in [7, 11) is 2.27. The van der Waals surface area contributed by atoms with Crippen LogP contribution in [0.15, 0.2) is 24.3 Å². The molecule has 2 aromatic carbocycles. The van der Waals surface area contributed by atoms with Gasteiger partial charge in [-0.3, -0.25) is 4.79 Å². The molecule has 3 aliphatic heterocycles. The highest BCUT2D eigenvalue weighted by molar-refractivity contribution is 14.1. The summed E-state index contributed by atoms with van der Waals surface area (Å²) < 4.78 is 0.970. The van der Waals surface area contributed by atoms with Crippen LogP contribution in [0, 0.1) is 3.57 Å². The quantitative estimate of drug-likeness (QED) is 0.516. The van der Waals surface area contributed by atoms with Crippen molar-refractivity contribution in [3.63, 3.8) is 0 Å². The summed E-state index contributed by atoms with van der Waals surface area (Å²) in [6.07, 6.45) is 6.09. The molecule has 136 valence electrons. The summed E-state index contributed by atoms with van der Waals surface area (Å²) in [6.45, 7) is 0.719. The van der Waals surface area contributed by atoms with Gasteiger partial charge in [-0.2, -0.15) is 0 Å². The van der Waals surface area contributed by atoms with E-state index in [2.05, 4.69) is 51.6 Å². The van der Waals surface area contributed by atoms with E-state index >= 15 is 0 Å². The van der Waals surface area contributed by atoms with Crippen molar-refractivity contribution < 1.29 is 4.79 Å². The maximum atomic E-state index is 13.4. The summed E-state index contributed by atoms with van der Waals surface area (Å²) in [5, 5.41) is 2.09. The molecule has 2 aromatic rings. The van der Waals surface area contributed by atoms with Crippen molar-refractivity contribution in [2.45, 2.75) is 56.8 Å². The van der Waals surface area contributed by atoms with Gasteiger partial charge in [-0.1, -0.05) is 24.6 Å². The van der Waals surface area contributed by atoms with Gasteiger partial charge >= 0.3 is 0 Å². The fourth-order valence-electron chi connectivity index (χ4n) is 5.39. The molecule has 26 heavy (non-hydrogen) atoms. The van der Waals surface area contributed by atoms with Gasteiger partial charge in [0, 0.05) is 44.6 Å². The molecule has 2 bridgehead atoms. The first-order chi connectivity index (χ1) is 12.5. The van der Waals surface area contributed by atoms with Crippen molar-refractivity contribution in [2.75, 3.05) is 12.8 Å². The van der Waals surface area contributed by atoms with E-state index in [0.29, 0.717) is 18.1 Å². The summed E-state index contributed by atoms with van der Waals surface area (Å²) in [5.41, 5.74) is 9.17. The minimum atomic E-state index is 0.194. The van der Waals surface area contributed by atoms with Crippen LogP contribution < -0.4 is 5.73 Å². The Kier molecular flexibility index (Phi) is 3.94. The zero-order chi connectivity index (χ0) is 18.0. The van der Waals surface area contributed by atoms with Gasteiger partial charge in [-0.25, -0.2) is 0 Å². The molecule has 2 saturated heterocycles. The molecule has 3 heterocycles. The second-order valence-corrected chi connectivity index (χ2v) is 9.28. The van der Waals surface area contributed by atoms with Crippen molar-refractivity contribution >= 4 is 45.0 Å². The van der Waals surface area contributed by atoms with Crippen LogP contribution in [0.25, 0.3) is 10.8 Å². The second-order valence-electron chi connectivity index (χ2n) is 8.12. The Labute approximate surface area is 167 Å². The number of piperidine rings is 2. The highest BCUT2D eigenvalue weighted by atomic mass is 127. The molecule has 0 spiro atoms. The van der Waals surface area contributed by atoms with Gasteiger partial charge in [0.05, 0.1) is 5.69 Å². The summed E-state index contributed by atoms with van der Waals surface area (Å²) >= 11 is 2.25. The first kappa shape index (κ1) is 16.8. The third-order valence-electron chi connectivity index (χ3n) is 6.83. The highest BCUT2D eigenvalue weighted by Crippen LogP contribution is 2.40. The molecule has 0 radical (unpaired) electrons. The Morgan fingerprint density at radius 3 is 2.62 bits per heavy atom. The molecule has 0 aromatic heterocycles. The second kappa shape index (κ2) is 6.09. The first-order valence-electron chi connectivity index (χ1n) is 9.57.